The van der Waals surface area contributed by atoms with Gasteiger partial charge in [0.05, 0.1) is 27.5 Å². The first kappa shape index (κ1) is 22.8. The number of nitrogens with zero attached hydrogens (tertiary/aromatic N) is 6. The van der Waals surface area contributed by atoms with Gasteiger partial charge in [-0.2, -0.15) is 15.5 Å². The van der Waals surface area contributed by atoms with E-state index < -0.39 is 4.92 Å². The van der Waals surface area contributed by atoms with E-state index in [0.29, 0.717) is 27.8 Å². The van der Waals surface area contributed by atoms with Crippen molar-refractivity contribution in [3.8, 4) is 23.3 Å². The number of hydrogen-bond donors (Lipinski definition) is 2. The van der Waals surface area contributed by atoms with Gasteiger partial charge in [-0.1, -0.05) is 12.1 Å². The average molecular weight is 462 g/mol. The molecule has 0 aliphatic carbocycles. The minimum atomic E-state index is -0.482. The lowest BCUT2D eigenvalue weighted by molar-refractivity contribution is -0.384. The molecule has 4 rings (SSSR count). The molecule has 2 aromatic carbocycles. The molecular weight excluding hydrogens is 444 g/mol. The third kappa shape index (κ3) is 4.58. The normalized spacial score (nSPS) is 10.7. The number of aromatic nitrogens is 3. The summed E-state index contributed by atoms with van der Waals surface area (Å²) in [7, 11) is 0. The van der Waals surface area contributed by atoms with E-state index in [9.17, 15) is 10.1 Å². The molecule has 0 spiro atoms. The van der Waals surface area contributed by atoms with Gasteiger partial charge in [-0.3, -0.25) is 10.1 Å². The summed E-state index contributed by atoms with van der Waals surface area (Å²) in [6.07, 6.45) is 4.50. The summed E-state index contributed by atoms with van der Waals surface area (Å²) in [6, 6.07) is 13.8. The summed E-state index contributed by atoms with van der Waals surface area (Å²) in [4.78, 5) is 24.2. The number of nitrogens with two attached hydrogens (primary N) is 1. The predicted octanol–water partition coefficient (Wildman–Crippen LogP) is 4.95. The number of hydrogen-bond acceptors (Lipinski definition) is 9. The minimum Gasteiger partial charge on any atom is -0.383 e. The maximum Gasteiger partial charge on any atom is 0.270 e. The fourth-order valence-corrected chi connectivity index (χ4v) is 3.89. The van der Waals surface area contributed by atoms with Gasteiger partial charge < -0.3 is 11.1 Å². The van der Waals surface area contributed by atoms with Crippen molar-refractivity contribution in [3.05, 3.63) is 81.0 Å². The van der Waals surface area contributed by atoms with Crippen LogP contribution in [-0.2, 0) is 0 Å². The van der Waals surface area contributed by atoms with Crippen LogP contribution in [0.15, 0.2) is 48.7 Å². The van der Waals surface area contributed by atoms with Crippen molar-refractivity contribution in [1.29, 1.82) is 10.5 Å². The average Bonchev–Trinajstić information content (AvgIpc) is 2.83. The van der Waals surface area contributed by atoms with Crippen molar-refractivity contribution < 1.29 is 4.92 Å². The number of allylic oxidation sites excluding steroid dienone is 1. The summed E-state index contributed by atoms with van der Waals surface area (Å²) < 4.78 is 0. The van der Waals surface area contributed by atoms with Crippen LogP contribution in [0.3, 0.4) is 0 Å². The van der Waals surface area contributed by atoms with Crippen molar-refractivity contribution in [3.63, 3.8) is 0 Å². The number of fused-ring (bicyclic) bond motifs is 1. The van der Waals surface area contributed by atoms with Crippen LogP contribution in [0.25, 0.3) is 28.1 Å². The zero-order valence-electron chi connectivity index (χ0n) is 18.8. The number of pyridine rings is 1. The van der Waals surface area contributed by atoms with E-state index >= 15 is 0 Å². The highest BCUT2D eigenvalue weighted by Crippen LogP contribution is 2.38. The smallest absolute Gasteiger partial charge is 0.270 e. The summed E-state index contributed by atoms with van der Waals surface area (Å²) in [5, 5.41) is 32.8. The number of non-ortho nitro benzene ring substituents is 1. The quantitative estimate of drug-likeness (QED) is 0.237. The molecule has 170 valence electrons. The van der Waals surface area contributed by atoms with Gasteiger partial charge in [0, 0.05) is 30.0 Å². The van der Waals surface area contributed by atoms with Crippen molar-refractivity contribution in [2.75, 3.05) is 11.1 Å². The van der Waals surface area contributed by atoms with E-state index in [2.05, 4.69) is 20.3 Å². The summed E-state index contributed by atoms with van der Waals surface area (Å²) in [5.41, 5.74) is 10.8. The number of anilines is 3. The van der Waals surface area contributed by atoms with E-state index in [1.807, 2.05) is 38.1 Å². The van der Waals surface area contributed by atoms with Crippen molar-refractivity contribution in [2.24, 2.45) is 0 Å². The van der Waals surface area contributed by atoms with Crippen molar-refractivity contribution in [2.45, 2.75) is 13.8 Å². The van der Waals surface area contributed by atoms with Crippen LogP contribution in [0, 0.1) is 46.6 Å². The monoisotopic (exact) mass is 462 g/mol. The maximum absolute atomic E-state index is 11.7. The Morgan fingerprint density at radius 3 is 2.46 bits per heavy atom. The molecule has 0 fully saturated rings. The Labute approximate surface area is 200 Å². The lowest BCUT2D eigenvalue weighted by Crippen LogP contribution is -2.04. The molecule has 0 unspecified atom stereocenters. The molecule has 4 aromatic rings. The second kappa shape index (κ2) is 9.25. The molecule has 0 saturated carbocycles. The van der Waals surface area contributed by atoms with E-state index in [0.717, 1.165) is 22.3 Å². The van der Waals surface area contributed by atoms with Gasteiger partial charge in [-0.25, -0.2) is 9.97 Å². The zero-order chi connectivity index (χ0) is 25.1. The van der Waals surface area contributed by atoms with Crippen molar-refractivity contribution >= 4 is 40.3 Å². The lowest BCUT2D eigenvalue weighted by atomic mass is 9.91. The summed E-state index contributed by atoms with van der Waals surface area (Å²) in [5.74, 6) is 0.637. The van der Waals surface area contributed by atoms with Gasteiger partial charge in [0.15, 0.2) is 0 Å². The summed E-state index contributed by atoms with van der Waals surface area (Å²) >= 11 is 0. The molecule has 35 heavy (non-hydrogen) atoms. The second-order valence-corrected chi connectivity index (χ2v) is 7.74. The topological polar surface area (TPSA) is 167 Å². The number of rotatable bonds is 5. The van der Waals surface area contributed by atoms with Gasteiger partial charge in [-0.05, 0) is 54.3 Å². The molecule has 0 amide bonds. The molecule has 2 aromatic heterocycles. The first-order valence-corrected chi connectivity index (χ1v) is 10.4. The highest BCUT2D eigenvalue weighted by molar-refractivity contribution is 6.02. The molecule has 10 nitrogen and oxygen atoms in total. The van der Waals surface area contributed by atoms with Gasteiger partial charge in [0.25, 0.3) is 5.69 Å². The minimum absolute atomic E-state index is 0.0694. The van der Waals surface area contributed by atoms with Gasteiger partial charge in [-0.15, -0.1) is 0 Å². The Morgan fingerprint density at radius 2 is 1.86 bits per heavy atom. The molecular formula is C25H18N8O2. The van der Waals surface area contributed by atoms with Crippen LogP contribution in [-0.4, -0.2) is 19.9 Å². The lowest BCUT2D eigenvalue weighted by Gasteiger charge is -2.15. The van der Waals surface area contributed by atoms with E-state index in [-0.39, 0.29) is 17.5 Å². The Hall–Kier alpha value is -5.35. The third-order valence-electron chi connectivity index (χ3n) is 5.33. The number of nitrogen functional groups attached to an aromatic ring is 1. The molecule has 3 N–H and O–H groups in total. The molecule has 0 atom stereocenters. The molecule has 0 aliphatic heterocycles. The zero-order valence-corrected chi connectivity index (χ0v) is 18.8. The first-order chi connectivity index (χ1) is 16.8. The van der Waals surface area contributed by atoms with Crippen LogP contribution >= 0.6 is 0 Å². The summed E-state index contributed by atoms with van der Waals surface area (Å²) in [6.45, 7) is 3.78. The number of nitro groups is 1. The molecule has 10 heteroatoms. The molecule has 2 heterocycles. The molecule has 0 saturated heterocycles. The third-order valence-corrected chi connectivity index (χ3v) is 5.33. The maximum atomic E-state index is 11.7. The first-order valence-electron chi connectivity index (χ1n) is 10.4. The highest BCUT2D eigenvalue weighted by atomic mass is 16.6. The van der Waals surface area contributed by atoms with Crippen LogP contribution in [0.5, 0.6) is 0 Å². The van der Waals surface area contributed by atoms with E-state index in [1.54, 1.807) is 18.2 Å². The number of nitriles is 2. The fourth-order valence-electron chi connectivity index (χ4n) is 3.89. The van der Waals surface area contributed by atoms with E-state index in [1.165, 1.54) is 24.4 Å². The van der Waals surface area contributed by atoms with Crippen molar-refractivity contribution in [1.82, 2.24) is 15.0 Å². The largest absolute Gasteiger partial charge is 0.383 e. The van der Waals surface area contributed by atoms with Gasteiger partial charge in [0.2, 0.25) is 5.95 Å². The Balaban J connectivity index is 1.93. The van der Waals surface area contributed by atoms with Crippen LogP contribution < -0.4 is 11.1 Å². The Morgan fingerprint density at radius 1 is 1.11 bits per heavy atom. The van der Waals surface area contributed by atoms with Gasteiger partial charge in [0.1, 0.15) is 17.7 Å². The predicted molar refractivity (Wildman–Crippen MR) is 132 cm³/mol. The SMILES string of the molecule is Cc1cc(/C=C/C#N)cc(C)c1-c1cc([N+](=O)[O-])cc2c(N)nc(Nc3ccc(C#N)cn3)nc12. The van der Waals surface area contributed by atoms with Crippen LogP contribution in [0.2, 0.25) is 0 Å². The Kier molecular flexibility index (Phi) is 6.04. The van der Waals surface area contributed by atoms with Crippen LogP contribution in [0.4, 0.5) is 23.3 Å². The number of benzene rings is 2. The van der Waals surface area contributed by atoms with E-state index in [4.69, 9.17) is 16.3 Å². The molecule has 0 aliphatic rings. The number of aryl methyl sites for hydroxylation is 2. The van der Waals surface area contributed by atoms with Gasteiger partial charge >= 0.3 is 0 Å². The Bertz CT molecular complexity index is 1570. The number of nitrogens with one attached hydrogen (secondary N) is 1. The molecule has 0 bridgehead atoms. The highest BCUT2D eigenvalue weighted by Gasteiger charge is 2.20. The standard InChI is InChI=1S/C25H18N8O2/c1-14-8-16(4-3-7-26)9-15(2)22(14)19-10-18(33(34)35)11-20-23(19)31-25(32-24(20)28)30-21-6-5-17(12-27)13-29-21/h3-6,8-11,13H,1-2H3,(H3,28,29,30,31,32)/b4-3+. The number of nitro benzene ring substituents is 1. The second-order valence-electron chi connectivity index (χ2n) is 7.74. The van der Waals surface area contributed by atoms with Crippen LogP contribution in [0.1, 0.15) is 22.3 Å². The molecule has 0 radical (unpaired) electrons. The fraction of sp³-hybridized carbons (Fsp3) is 0.0800.